The highest BCUT2D eigenvalue weighted by atomic mass is 16.5. The number of aliphatic carboxylic acids is 1. The fourth-order valence-electron chi connectivity index (χ4n) is 2.92. The lowest BCUT2D eigenvalue weighted by atomic mass is 9.99. The standard InChI is InChI=1S/C16H23NO3/c1-11-9-17(10-15(11)16(18)19)12(2)8-13-4-6-14(20-3)7-5-13/h4-7,11-12,15H,8-10H2,1-3H3,(H,18,19)/t11-,12?,15-/m1/s1. The molecule has 1 aliphatic heterocycles. The Morgan fingerprint density at radius 1 is 1.40 bits per heavy atom. The molecule has 1 saturated heterocycles. The second kappa shape index (κ2) is 6.27. The Morgan fingerprint density at radius 2 is 2.05 bits per heavy atom. The van der Waals surface area contributed by atoms with E-state index < -0.39 is 5.97 Å². The summed E-state index contributed by atoms with van der Waals surface area (Å²) in [6.07, 6.45) is 0.934. The van der Waals surface area contributed by atoms with Crippen molar-refractivity contribution in [1.29, 1.82) is 0 Å². The minimum Gasteiger partial charge on any atom is -0.497 e. The van der Waals surface area contributed by atoms with Crippen LogP contribution >= 0.6 is 0 Å². The summed E-state index contributed by atoms with van der Waals surface area (Å²) in [6, 6.07) is 8.44. The van der Waals surface area contributed by atoms with Gasteiger partial charge in [-0.1, -0.05) is 19.1 Å². The molecule has 3 atom stereocenters. The van der Waals surface area contributed by atoms with Gasteiger partial charge < -0.3 is 9.84 Å². The Morgan fingerprint density at radius 3 is 2.55 bits per heavy atom. The van der Waals surface area contributed by atoms with E-state index in [0.717, 1.165) is 18.7 Å². The van der Waals surface area contributed by atoms with Gasteiger partial charge in [0.1, 0.15) is 5.75 Å². The molecule has 4 heteroatoms. The molecule has 0 aliphatic carbocycles. The third kappa shape index (κ3) is 3.31. The van der Waals surface area contributed by atoms with Crippen LogP contribution in [0.1, 0.15) is 19.4 Å². The van der Waals surface area contributed by atoms with Crippen molar-refractivity contribution in [2.45, 2.75) is 26.3 Å². The van der Waals surface area contributed by atoms with Crippen molar-refractivity contribution < 1.29 is 14.6 Å². The smallest absolute Gasteiger partial charge is 0.308 e. The summed E-state index contributed by atoms with van der Waals surface area (Å²) < 4.78 is 5.15. The Labute approximate surface area is 120 Å². The number of hydrogen-bond acceptors (Lipinski definition) is 3. The van der Waals surface area contributed by atoms with Gasteiger partial charge in [0.05, 0.1) is 13.0 Å². The number of hydrogen-bond donors (Lipinski definition) is 1. The number of benzene rings is 1. The molecular formula is C16H23NO3. The summed E-state index contributed by atoms with van der Waals surface area (Å²) in [5.41, 5.74) is 1.25. The zero-order chi connectivity index (χ0) is 14.7. The predicted octanol–water partition coefficient (Wildman–Crippen LogP) is 2.28. The van der Waals surface area contributed by atoms with Gasteiger partial charge in [-0.3, -0.25) is 9.69 Å². The van der Waals surface area contributed by atoms with Gasteiger partial charge in [-0.2, -0.15) is 0 Å². The molecule has 1 aromatic carbocycles. The van der Waals surface area contributed by atoms with Crippen molar-refractivity contribution in [3.05, 3.63) is 29.8 Å². The molecule has 1 N–H and O–H groups in total. The summed E-state index contributed by atoms with van der Waals surface area (Å²) in [6.45, 7) is 5.72. The lowest BCUT2D eigenvalue weighted by Crippen LogP contribution is -2.33. The molecular weight excluding hydrogens is 254 g/mol. The average Bonchev–Trinajstić information content (AvgIpc) is 2.82. The zero-order valence-electron chi connectivity index (χ0n) is 12.4. The summed E-state index contributed by atoms with van der Waals surface area (Å²) in [7, 11) is 1.66. The number of methoxy groups -OCH3 is 1. The van der Waals surface area contributed by atoms with Crippen molar-refractivity contribution >= 4 is 5.97 Å². The molecule has 0 radical (unpaired) electrons. The quantitative estimate of drug-likeness (QED) is 0.897. The Hall–Kier alpha value is -1.55. The van der Waals surface area contributed by atoms with Crippen LogP contribution in [0.25, 0.3) is 0 Å². The van der Waals surface area contributed by atoms with Gasteiger partial charge >= 0.3 is 5.97 Å². The van der Waals surface area contributed by atoms with Gasteiger partial charge in [0.15, 0.2) is 0 Å². The number of rotatable bonds is 5. The highest BCUT2D eigenvalue weighted by Crippen LogP contribution is 2.26. The highest BCUT2D eigenvalue weighted by molar-refractivity contribution is 5.71. The molecule has 0 amide bonds. The Balaban J connectivity index is 1.94. The number of carboxylic acid groups (broad SMARTS) is 1. The molecule has 1 fully saturated rings. The van der Waals surface area contributed by atoms with Crippen LogP contribution in [0.2, 0.25) is 0 Å². The van der Waals surface area contributed by atoms with Gasteiger partial charge in [-0.05, 0) is 37.0 Å². The van der Waals surface area contributed by atoms with Crippen LogP contribution in [0, 0.1) is 11.8 Å². The van der Waals surface area contributed by atoms with Crippen molar-refractivity contribution in [2.24, 2.45) is 11.8 Å². The Bertz CT molecular complexity index is 457. The van der Waals surface area contributed by atoms with Crippen molar-refractivity contribution in [3.8, 4) is 5.75 Å². The van der Waals surface area contributed by atoms with Gasteiger partial charge in [0.2, 0.25) is 0 Å². The maximum absolute atomic E-state index is 11.2. The summed E-state index contributed by atoms with van der Waals surface area (Å²) in [5, 5.41) is 9.19. The SMILES string of the molecule is COc1ccc(CC(C)N2C[C@@H](C)[C@H](C(=O)O)C2)cc1. The number of nitrogens with zero attached hydrogens (tertiary/aromatic N) is 1. The monoisotopic (exact) mass is 277 g/mol. The number of carboxylic acids is 1. The summed E-state index contributed by atoms with van der Waals surface area (Å²) >= 11 is 0. The first-order chi connectivity index (χ1) is 9.51. The first-order valence-corrected chi connectivity index (χ1v) is 7.11. The first-order valence-electron chi connectivity index (χ1n) is 7.11. The van der Waals surface area contributed by atoms with Crippen molar-refractivity contribution in [3.63, 3.8) is 0 Å². The minimum atomic E-state index is -0.670. The largest absolute Gasteiger partial charge is 0.497 e. The molecule has 1 unspecified atom stereocenters. The normalized spacial score (nSPS) is 24.6. The topological polar surface area (TPSA) is 49.8 Å². The van der Waals surface area contributed by atoms with Crippen molar-refractivity contribution in [2.75, 3.05) is 20.2 Å². The number of likely N-dealkylation sites (tertiary alicyclic amines) is 1. The van der Waals surface area contributed by atoms with E-state index in [0.29, 0.717) is 12.6 Å². The third-order valence-corrected chi connectivity index (χ3v) is 4.27. The maximum atomic E-state index is 11.2. The van der Waals surface area contributed by atoms with E-state index in [-0.39, 0.29) is 11.8 Å². The zero-order valence-corrected chi connectivity index (χ0v) is 12.4. The molecule has 1 heterocycles. The van der Waals surface area contributed by atoms with Crippen LogP contribution in [0.15, 0.2) is 24.3 Å². The van der Waals surface area contributed by atoms with Gasteiger partial charge in [-0.15, -0.1) is 0 Å². The molecule has 0 aromatic heterocycles. The van der Waals surface area contributed by atoms with E-state index in [2.05, 4.69) is 24.0 Å². The van der Waals surface area contributed by atoms with Crippen LogP contribution in [-0.2, 0) is 11.2 Å². The van der Waals surface area contributed by atoms with Crippen LogP contribution in [0.5, 0.6) is 5.75 Å². The molecule has 0 saturated carbocycles. The van der Waals surface area contributed by atoms with E-state index in [4.69, 9.17) is 4.74 Å². The van der Waals surface area contributed by atoms with Gasteiger partial charge in [0.25, 0.3) is 0 Å². The van der Waals surface area contributed by atoms with Crippen molar-refractivity contribution in [1.82, 2.24) is 4.90 Å². The highest BCUT2D eigenvalue weighted by Gasteiger charge is 2.36. The third-order valence-electron chi connectivity index (χ3n) is 4.27. The van der Waals surface area contributed by atoms with Crippen LogP contribution in [0.4, 0.5) is 0 Å². The van der Waals surface area contributed by atoms with Crippen LogP contribution in [-0.4, -0.2) is 42.2 Å². The van der Waals surface area contributed by atoms with E-state index in [1.54, 1.807) is 7.11 Å². The molecule has 1 aromatic rings. The summed E-state index contributed by atoms with van der Waals surface area (Å²) in [5.74, 6) is 0.193. The van der Waals surface area contributed by atoms with Gasteiger partial charge in [0, 0.05) is 19.1 Å². The fourth-order valence-corrected chi connectivity index (χ4v) is 2.92. The fraction of sp³-hybridized carbons (Fsp3) is 0.562. The molecule has 2 rings (SSSR count). The van der Waals surface area contributed by atoms with E-state index >= 15 is 0 Å². The second-order valence-electron chi connectivity index (χ2n) is 5.78. The molecule has 20 heavy (non-hydrogen) atoms. The molecule has 110 valence electrons. The van der Waals surface area contributed by atoms with Gasteiger partial charge in [-0.25, -0.2) is 0 Å². The Kier molecular flexibility index (Phi) is 4.65. The first kappa shape index (κ1) is 14.9. The van der Waals surface area contributed by atoms with E-state index in [1.807, 2.05) is 19.1 Å². The lowest BCUT2D eigenvalue weighted by Gasteiger charge is -2.24. The average molecular weight is 277 g/mol. The predicted molar refractivity (Wildman–Crippen MR) is 78.0 cm³/mol. The molecule has 4 nitrogen and oxygen atoms in total. The molecule has 1 aliphatic rings. The van der Waals surface area contributed by atoms with Crippen LogP contribution in [0.3, 0.4) is 0 Å². The minimum absolute atomic E-state index is 0.228. The van der Waals surface area contributed by atoms with Crippen LogP contribution < -0.4 is 4.74 Å². The maximum Gasteiger partial charge on any atom is 0.308 e. The van der Waals surface area contributed by atoms with E-state index in [9.17, 15) is 9.90 Å². The number of ether oxygens (including phenoxy) is 1. The lowest BCUT2D eigenvalue weighted by molar-refractivity contribution is -0.142. The van der Waals surface area contributed by atoms with E-state index in [1.165, 1.54) is 5.56 Å². The second-order valence-corrected chi connectivity index (χ2v) is 5.78. The molecule has 0 bridgehead atoms. The molecule has 0 spiro atoms. The summed E-state index contributed by atoms with van der Waals surface area (Å²) in [4.78, 5) is 13.5. The number of carbonyl (C=O) groups is 1.